The number of carboxylic acid groups (broad SMARTS) is 1. The van der Waals surface area contributed by atoms with Crippen LogP contribution in [0.1, 0.15) is 72.7 Å². The molecule has 0 aliphatic carbocycles. The summed E-state index contributed by atoms with van der Waals surface area (Å²) in [5, 5.41) is 11.8. The standard InChI is InChI=1S/C24H28N2O4/c1-4-5-14-26-20-11-8-17(15-19(20)24(2,3)13-12-21(26)27)22(28)25-18-9-6-16(7-10-18)23(29)30/h6-11,15H,4-5,12-14H2,1-3H3,(H,25,28)(H,29,30). The molecule has 6 nitrogen and oxygen atoms in total. The summed E-state index contributed by atoms with van der Waals surface area (Å²) in [6.45, 7) is 6.99. The molecule has 0 fully saturated rings. The van der Waals surface area contributed by atoms with Gasteiger partial charge >= 0.3 is 5.97 Å². The Labute approximate surface area is 176 Å². The summed E-state index contributed by atoms with van der Waals surface area (Å²) in [4.78, 5) is 38.4. The van der Waals surface area contributed by atoms with Gasteiger partial charge in [0.1, 0.15) is 0 Å². The fourth-order valence-electron chi connectivity index (χ4n) is 3.74. The third-order valence-corrected chi connectivity index (χ3v) is 5.67. The molecule has 0 bridgehead atoms. The molecule has 0 atom stereocenters. The highest BCUT2D eigenvalue weighted by Crippen LogP contribution is 2.40. The van der Waals surface area contributed by atoms with Crippen LogP contribution in [0.15, 0.2) is 42.5 Å². The molecule has 1 heterocycles. The zero-order valence-electron chi connectivity index (χ0n) is 17.7. The quantitative estimate of drug-likeness (QED) is 0.716. The molecular weight excluding hydrogens is 380 g/mol. The number of fused-ring (bicyclic) bond motifs is 1. The number of benzene rings is 2. The number of aromatic carboxylic acids is 1. The number of nitrogens with zero attached hydrogens (tertiary/aromatic N) is 1. The minimum atomic E-state index is -1.01. The van der Waals surface area contributed by atoms with Crippen LogP contribution in [0, 0.1) is 0 Å². The summed E-state index contributed by atoms with van der Waals surface area (Å²) >= 11 is 0. The third kappa shape index (κ3) is 4.53. The molecule has 2 aromatic rings. The van der Waals surface area contributed by atoms with Crippen LogP contribution in [0.25, 0.3) is 0 Å². The molecule has 1 aliphatic rings. The molecule has 2 aromatic carbocycles. The average Bonchev–Trinajstić information content (AvgIpc) is 2.81. The fraction of sp³-hybridized carbons (Fsp3) is 0.375. The number of amides is 2. The summed E-state index contributed by atoms with van der Waals surface area (Å²) in [5.41, 5.74) is 2.85. The van der Waals surface area contributed by atoms with Crippen LogP contribution in [-0.2, 0) is 10.2 Å². The van der Waals surface area contributed by atoms with Gasteiger partial charge in [-0.25, -0.2) is 4.79 Å². The van der Waals surface area contributed by atoms with Gasteiger partial charge in [-0.2, -0.15) is 0 Å². The first-order chi connectivity index (χ1) is 14.2. The number of carbonyl (C=O) groups excluding carboxylic acids is 2. The van der Waals surface area contributed by atoms with Gasteiger partial charge in [-0.1, -0.05) is 27.2 Å². The van der Waals surface area contributed by atoms with E-state index in [0.29, 0.717) is 24.2 Å². The van der Waals surface area contributed by atoms with Gasteiger partial charge in [0.05, 0.1) is 5.56 Å². The number of unbranched alkanes of at least 4 members (excludes halogenated alkanes) is 1. The summed E-state index contributed by atoms with van der Waals surface area (Å²) < 4.78 is 0. The summed E-state index contributed by atoms with van der Waals surface area (Å²) in [6.07, 6.45) is 3.15. The van der Waals surface area contributed by atoms with E-state index in [9.17, 15) is 14.4 Å². The first-order valence-corrected chi connectivity index (χ1v) is 10.3. The molecule has 0 saturated carbocycles. The maximum Gasteiger partial charge on any atom is 0.335 e. The number of hydrogen-bond donors (Lipinski definition) is 2. The minimum absolute atomic E-state index is 0.131. The van der Waals surface area contributed by atoms with E-state index in [4.69, 9.17) is 5.11 Å². The maximum absolute atomic E-state index is 12.8. The molecular formula is C24H28N2O4. The van der Waals surface area contributed by atoms with Crippen LogP contribution in [0.2, 0.25) is 0 Å². The third-order valence-electron chi connectivity index (χ3n) is 5.67. The first kappa shape index (κ1) is 21.6. The summed E-state index contributed by atoms with van der Waals surface area (Å²) in [7, 11) is 0. The van der Waals surface area contributed by atoms with Gasteiger partial charge in [-0.15, -0.1) is 0 Å². The van der Waals surface area contributed by atoms with E-state index in [1.807, 2.05) is 17.0 Å². The molecule has 0 unspecified atom stereocenters. The Kier molecular flexibility index (Phi) is 6.25. The Bertz CT molecular complexity index is 964. The monoisotopic (exact) mass is 408 g/mol. The molecule has 2 N–H and O–H groups in total. The summed E-state index contributed by atoms with van der Waals surface area (Å²) in [6, 6.07) is 11.5. The van der Waals surface area contributed by atoms with Crippen molar-refractivity contribution in [1.82, 2.24) is 0 Å². The normalized spacial score (nSPS) is 15.3. The van der Waals surface area contributed by atoms with Crippen LogP contribution >= 0.6 is 0 Å². The van der Waals surface area contributed by atoms with Crippen molar-refractivity contribution in [3.63, 3.8) is 0 Å². The second kappa shape index (κ2) is 8.69. The second-order valence-corrected chi connectivity index (χ2v) is 8.35. The number of carboxylic acids is 1. The van der Waals surface area contributed by atoms with Crippen molar-refractivity contribution in [2.45, 2.75) is 51.9 Å². The Morgan fingerprint density at radius 3 is 2.40 bits per heavy atom. The largest absolute Gasteiger partial charge is 0.478 e. The van der Waals surface area contributed by atoms with E-state index in [1.165, 1.54) is 12.1 Å². The molecule has 0 radical (unpaired) electrons. The molecule has 6 heteroatoms. The van der Waals surface area contributed by atoms with Crippen molar-refractivity contribution < 1.29 is 19.5 Å². The molecule has 0 spiro atoms. The van der Waals surface area contributed by atoms with Gasteiger partial charge in [-0.3, -0.25) is 9.59 Å². The van der Waals surface area contributed by atoms with Gasteiger partial charge in [0.15, 0.2) is 0 Å². The van der Waals surface area contributed by atoms with Crippen molar-refractivity contribution in [2.75, 3.05) is 16.8 Å². The second-order valence-electron chi connectivity index (χ2n) is 8.35. The van der Waals surface area contributed by atoms with Crippen molar-refractivity contribution in [3.05, 3.63) is 59.2 Å². The molecule has 3 rings (SSSR count). The first-order valence-electron chi connectivity index (χ1n) is 10.3. The maximum atomic E-state index is 12.8. The lowest BCUT2D eigenvalue weighted by molar-refractivity contribution is -0.118. The van der Waals surface area contributed by atoms with Gasteiger partial charge < -0.3 is 15.3 Å². The molecule has 30 heavy (non-hydrogen) atoms. The topological polar surface area (TPSA) is 86.7 Å². The fourth-order valence-corrected chi connectivity index (χ4v) is 3.74. The Balaban J connectivity index is 1.90. The van der Waals surface area contributed by atoms with E-state index in [-0.39, 0.29) is 22.8 Å². The Hall–Kier alpha value is -3.15. The van der Waals surface area contributed by atoms with Crippen LogP contribution in [-0.4, -0.2) is 29.4 Å². The number of hydrogen-bond acceptors (Lipinski definition) is 3. The van der Waals surface area contributed by atoms with E-state index in [0.717, 1.165) is 30.5 Å². The number of nitrogens with one attached hydrogen (secondary N) is 1. The van der Waals surface area contributed by atoms with Crippen LogP contribution in [0.5, 0.6) is 0 Å². The lowest BCUT2D eigenvalue weighted by atomic mass is 9.80. The molecule has 158 valence electrons. The van der Waals surface area contributed by atoms with E-state index >= 15 is 0 Å². The van der Waals surface area contributed by atoms with Gasteiger partial charge in [0, 0.05) is 29.9 Å². The van der Waals surface area contributed by atoms with Crippen molar-refractivity contribution in [3.8, 4) is 0 Å². The van der Waals surface area contributed by atoms with Crippen molar-refractivity contribution >= 4 is 29.2 Å². The summed E-state index contributed by atoms with van der Waals surface area (Å²) in [5.74, 6) is -1.15. The highest BCUT2D eigenvalue weighted by molar-refractivity contribution is 6.05. The molecule has 1 aliphatic heterocycles. The highest BCUT2D eigenvalue weighted by Gasteiger charge is 2.33. The van der Waals surface area contributed by atoms with Gasteiger partial charge in [0.25, 0.3) is 5.91 Å². The minimum Gasteiger partial charge on any atom is -0.478 e. The zero-order chi connectivity index (χ0) is 21.9. The van der Waals surface area contributed by atoms with Crippen molar-refractivity contribution in [2.24, 2.45) is 0 Å². The van der Waals surface area contributed by atoms with Gasteiger partial charge in [0.2, 0.25) is 5.91 Å². The molecule has 2 amide bonds. The number of anilines is 2. The molecule has 0 aromatic heterocycles. The predicted octanol–water partition coefficient (Wildman–Crippen LogP) is 4.84. The van der Waals surface area contributed by atoms with E-state index in [1.54, 1.807) is 18.2 Å². The smallest absolute Gasteiger partial charge is 0.335 e. The van der Waals surface area contributed by atoms with E-state index in [2.05, 4.69) is 26.1 Å². The number of carbonyl (C=O) groups is 3. The van der Waals surface area contributed by atoms with Crippen LogP contribution < -0.4 is 10.2 Å². The van der Waals surface area contributed by atoms with Gasteiger partial charge in [-0.05, 0) is 66.3 Å². The van der Waals surface area contributed by atoms with Crippen LogP contribution in [0.3, 0.4) is 0 Å². The predicted molar refractivity (Wildman–Crippen MR) is 117 cm³/mol. The highest BCUT2D eigenvalue weighted by atomic mass is 16.4. The van der Waals surface area contributed by atoms with Crippen molar-refractivity contribution in [1.29, 1.82) is 0 Å². The number of rotatable bonds is 6. The van der Waals surface area contributed by atoms with Crippen LogP contribution in [0.4, 0.5) is 11.4 Å². The SMILES string of the molecule is CCCCN1C(=O)CCC(C)(C)c2cc(C(=O)Nc3ccc(C(=O)O)cc3)ccc21. The van der Waals surface area contributed by atoms with E-state index < -0.39 is 5.97 Å². The molecule has 0 saturated heterocycles. The Morgan fingerprint density at radius 2 is 1.77 bits per heavy atom. The lowest BCUT2D eigenvalue weighted by Gasteiger charge is -2.28. The Morgan fingerprint density at radius 1 is 1.10 bits per heavy atom. The zero-order valence-corrected chi connectivity index (χ0v) is 17.7. The lowest BCUT2D eigenvalue weighted by Crippen LogP contribution is -2.31. The average molecular weight is 408 g/mol.